The number of benzene rings is 2. The highest BCUT2D eigenvalue weighted by atomic mass is 32.2. The van der Waals surface area contributed by atoms with Gasteiger partial charge in [-0.3, -0.25) is 4.79 Å². The highest BCUT2D eigenvalue weighted by Gasteiger charge is 2.13. The fraction of sp³-hybridized carbons (Fsp3) is 0.300. The van der Waals surface area contributed by atoms with Crippen molar-refractivity contribution in [2.75, 3.05) is 25.7 Å². The minimum Gasteiger partial charge on any atom is -0.383 e. The summed E-state index contributed by atoms with van der Waals surface area (Å²) >= 11 is 3.00. The molecular weight excluding hydrogens is 428 g/mol. The molecule has 3 rings (SSSR count). The van der Waals surface area contributed by atoms with Crippen LogP contribution in [0.4, 0.5) is 0 Å². The summed E-state index contributed by atoms with van der Waals surface area (Å²) in [6.45, 7) is 3.03. The maximum Gasteiger partial charge on any atom is 0.279 e. The number of carbonyl (C=O) groups excluding carboxylic acids is 1. The Hall–Kier alpha value is -1.94. The molecule has 0 fully saturated rings. The number of fused-ring (bicyclic) bond motifs is 1. The van der Waals surface area contributed by atoms with Crippen LogP contribution in [0.3, 0.4) is 0 Å². The van der Waals surface area contributed by atoms with Crippen LogP contribution in [0.2, 0.25) is 0 Å². The number of methoxy groups -OCH3 is 1. The largest absolute Gasteiger partial charge is 0.383 e. The Bertz CT molecular complexity index is 1190. The molecule has 9 heteroatoms. The summed E-state index contributed by atoms with van der Waals surface area (Å²) < 4.78 is 31.6. The van der Waals surface area contributed by atoms with Crippen molar-refractivity contribution >= 4 is 49.1 Å². The smallest absolute Gasteiger partial charge is 0.279 e. The van der Waals surface area contributed by atoms with E-state index >= 15 is 0 Å². The van der Waals surface area contributed by atoms with E-state index < -0.39 is 9.84 Å². The number of rotatable bonds is 7. The molecule has 1 heterocycles. The van der Waals surface area contributed by atoms with Crippen LogP contribution < -0.4 is 4.80 Å². The third-order valence-electron chi connectivity index (χ3n) is 4.21. The molecule has 1 amide bonds. The maximum absolute atomic E-state index is 12.7. The van der Waals surface area contributed by atoms with Gasteiger partial charge in [-0.25, -0.2) is 8.42 Å². The second-order valence-corrected chi connectivity index (χ2v) is 10.7. The van der Waals surface area contributed by atoms with E-state index in [4.69, 9.17) is 4.74 Å². The van der Waals surface area contributed by atoms with E-state index in [9.17, 15) is 13.2 Å². The van der Waals surface area contributed by atoms with E-state index in [0.29, 0.717) is 23.5 Å². The normalized spacial score (nSPS) is 12.6. The number of sulfone groups is 1. The van der Waals surface area contributed by atoms with Crippen molar-refractivity contribution < 1.29 is 17.9 Å². The SMILES string of the molecule is CCSc1ccc(C(=O)N=c2sc3cc(S(C)(=O)=O)ccc3n2CCOC)cc1. The minimum atomic E-state index is -3.32. The number of carbonyl (C=O) groups is 1. The van der Waals surface area contributed by atoms with Crippen LogP contribution >= 0.6 is 23.1 Å². The van der Waals surface area contributed by atoms with Gasteiger partial charge in [-0.15, -0.1) is 11.8 Å². The number of thiazole rings is 1. The van der Waals surface area contributed by atoms with Crippen molar-refractivity contribution in [3.05, 3.63) is 52.8 Å². The zero-order valence-electron chi connectivity index (χ0n) is 16.4. The van der Waals surface area contributed by atoms with Gasteiger partial charge in [0.05, 0.1) is 21.7 Å². The van der Waals surface area contributed by atoms with Crippen LogP contribution in [-0.2, 0) is 21.1 Å². The molecule has 1 aromatic heterocycles. The molecule has 0 aliphatic heterocycles. The topological polar surface area (TPSA) is 77.7 Å². The van der Waals surface area contributed by atoms with Gasteiger partial charge in [0.25, 0.3) is 5.91 Å². The van der Waals surface area contributed by atoms with Crippen molar-refractivity contribution in [1.82, 2.24) is 4.57 Å². The van der Waals surface area contributed by atoms with E-state index in [0.717, 1.165) is 20.9 Å². The molecule has 6 nitrogen and oxygen atoms in total. The number of hydrogen-bond acceptors (Lipinski definition) is 6. The van der Waals surface area contributed by atoms with E-state index in [1.54, 1.807) is 49.2 Å². The van der Waals surface area contributed by atoms with Gasteiger partial charge in [0.15, 0.2) is 14.6 Å². The first-order valence-corrected chi connectivity index (χ1v) is 12.7. The number of amides is 1. The van der Waals surface area contributed by atoms with Crippen molar-refractivity contribution in [2.45, 2.75) is 23.3 Å². The molecule has 0 saturated heterocycles. The van der Waals surface area contributed by atoms with Crippen LogP contribution in [0.1, 0.15) is 17.3 Å². The van der Waals surface area contributed by atoms with Gasteiger partial charge in [-0.2, -0.15) is 4.99 Å². The fourth-order valence-corrected chi connectivity index (χ4v) is 5.26. The molecule has 29 heavy (non-hydrogen) atoms. The average molecular weight is 451 g/mol. The quantitative estimate of drug-likeness (QED) is 0.514. The van der Waals surface area contributed by atoms with Gasteiger partial charge in [-0.05, 0) is 48.2 Å². The van der Waals surface area contributed by atoms with Crippen molar-refractivity contribution in [2.24, 2.45) is 4.99 Å². The van der Waals surface area contributed by atoms with Gasteiger partial charge in [0.2, 0.25) is 0 Å². The Balaban J connectivity index is 2.06. The van der Waals surface area contributed by atoms with Gasteiger partial charge >= 0.3 is 0 Å². The second kappa shape index (κ2) is 9.25. The highest BCUT2D eigenvalue weighted by Crippen LogP contribution is 2.22. The third-order valence-corrected chi connectivity index (χ3v) is 7.26. The Morgan fingerprint density at radius 1 is 1.21 bits per heavy atom. The van der Waals surface area contributed by atoms with Crippen LogP contribution in [-0.4, -0.2) is 44.6 Å². The molecule has 0 atom stereocenters. The molecule has 154 valence electrons. The Labute approximate surface area is 178 Å². The number of hydrogen-bond donors (Lipinski definition) is 0. The summed E-state index contributed by atoms with van der Waals surface area (Å²) in [6, 6.07) is 12.3. The van der Waals surface area contributed by atoms with Gasteiger partial charge in [0, 0.05) is 30.4 Å². The van der Waals surface area contributed by atoms with E-state index in [1.165, 1.54) is 17.6 Å². The van der Waals surface area contributed by atoms with E-state index in [-0.39, 0.29) is 10.8 Å². The van der Waals surface area contributed by atoms with Crippen LogP contribution in [0.5, 0.6) is 0 Å². The summed E-state index contributed by atoms with van der Waals surface area (Å²) in [7, 11) is -1.71. The lowest BCUT2D eigenvalue weighted by Gasteiger charge is -2.05. The highest BCUT2D eigenvalue weighted by molar-refractivity contribution is 7.99. The van der Waals surface area contributed by atoms with E-state index in [1.807, 2.05) is 16.7 Å². The van der Waals surface area contributed by atoms with Crippen molar-refractivity contribution in [1.29, 1.82) is 0 Å². The van der Waals surface area contributed by atoms with Crippen LogP contribution in [0, 0.1) is 0 Å². The summed E-state index contributed by atoms with van der Waals surface area (Å²) in [4.78, 5) is 18.9. The molecule has 0 aliphatic carbocycles. The predicted molar refractivity (Wildman–Crippen MR) is 118 cm³/mol. The Morgan fingerprint density at radius 3 is 2.55 bits per heavy atom. The van der Waals surface area contributed by atoms with Crippen LogP contribution in [0.15, 0.2) is 57.2 Å². The molecule has 0 spiro atoms. The molecular formula is C20H22N2O4S3. The lowest BCUT2D eigenvalue weighted by Crippen LogP contribution is -2.19. The Kier molecular flexibility index (Phi) is 6.94. The molecule has 0 aliphatic rings. The van der Waals surface area contributed by atoms with Gasteiger partial charge in [0.1, 0.15) is 0 Å². The molecule has 3 aromatic rings. The minimum absolute atomic E-state index is 0.243. The lowest BCUT2D eigenvalue weighted by atomic mass is 10.2. The zero-order valence-corrected chi connectivity index (χ0v) is 18.9. The zero-order chi connectivity index (χ0) is 21.0. The fourth-order valence-electron chi connectivity index (χ4n) is 2.78. The number of nitrogens with zero attached hydrogens (tertiary/aromatic N) is 2. The molecule has 0 unspecified atom stereocenters. The van der Waals surface area contributed by atoms with Gasteiger partial charge in [-0.1, -0.05) is 18.3 Å². The van der Waals surface area contributed by atoms with E-state index in [2.05, 4.69) is 11.9 Å². The molecule has 0 radical (unpaired) electrons. The first-order valence-electron chi connectivity index (χ1n) is 8.97. The summed E-state index contributed by atoms with van der Waals surface area (Å²) in [5.74, 6) is 0.633. The Morgan fingerprint density at radius 2 is 1.93 bits per heavy atom. The van der Waals surface area contributed by atoms with Gasteiger partial charge < -0.3 is 9.30 Å². The summed E-state index contributed by atoms with van der Waals surface area (Å²) in [6.07, 6.45) is 1.18. The van der Waals surface area contributed by atoms with Crippen LogP contribution in [0.25, 0.3) is 10.2 Å². The maximum atomic E-state index is 12.7. The number of ether oxygens (including phenoxy) is 1. The summed E-state index contributed by atoms with van der Waals surface area (Å²) in [5.41, 5.74) is 1.33. The lowest BCUT2D eigenvalue weighted by molar-refractivity contribution is 0.0997. The molecule has 0 saturated carbocycles. The first kappa shape index (κ1) is 21.8. The van der Waals surface area contributed by atoms with Crippen molar-refractivity contribution in [3.63, 3.8) is 0 Å². The van der Waals surface area contributed by atoms with Crippen molar-refractivity contribution in [3.8, 4) is 0 Å². The average Bonchev–Trinajstić information content (AvgIpc) is 3.02. The number of aromatic nitrogens is 1. The molecule has 0 bridgehead atoms. The predicted octanol–water partition coefficient (Wildman–Crippen LogP) is 3.61. The number of thioether (sulfide) groups is 1. The molecule has 0 N–H and O–H groups in total. The second-order valence-electron chi connectivity index (χ2n) is 6.31. The summed E-state index contributed by atoms with van der Waals surface area (Å²) in [5, 5.41) is 0. The molecule has 2 aromatic carbocycles. The first-order chi connectivity index (χ1) is 13.8. The standard InChI is InChI=1S/C20H22N2O4S3/c1-4-27-15-7-5-14(6-8-15)19(23)21-20-22(11-12-26-2)17-10-9-16(29(3,24)25)13-18(17)28-20/h5-10,13H,4,11-12H2,1-3H3. The third kappa shape index (κ3) is 5.16. The monoisotopic (exact) mass is 450 g/mol.